The van der Waals surface area contributed by atoms with E-state index in [1.54, 1.807) is 19.9 Å². The van der Waals surface area contributed by atoms with Gasteiger partial charge in [-0.05, 0) is 34.1 Å². The van der Waals surface area contributed by atoms with E-state index >= 15 is 0 Å². The number of hydrogen-bond donors (Lipinski definition) is 1. The van der Waals surface area contributed by atoms with E-state index < -0.39 is 0 Å². The Labute approximate surface area is 90.6 Å². The fourth-order valence-electron chi connectivity index (χ4n) is 0.870. The Balaban J connectivity index is 2.86. The molecule has 0 saturated carbocycles. The summed E-state index contributed by atoms with van der Waals surface area (Å²) in [6, 6.07) is 4.17. The molecule has 0 saturated heterocycles. The fraction of sp³-hybridized carbons (Fsp3) is 0.300. The topological polar surface area (TPSA) is 29.1 Å². The first-order valence-electron chi connectivity index (χ1n) is 4.26. The van der Waals surface area contributed by atoms with E-state index in [4.69, 9.17) is 0 Å². The van der Waals surface area contributed by atoms with Crippen LogP contribution in [0.4, 0.5) is 10.1 Å². The van der Waals surface area contributed by atoms with Gasteiger partial charge in [0, 0.05) is 10.4 Å². The highest BCUT2D eigenvalue weighted by atomic mass is 79.9. The lowest BCUT2D eigenvalue weighted by Crippen LogP contribution is -2.18. The van der Waals surface area contributed by atoms with Gasteiger partial charge in [-0.15, -0.1) is 0 Å². The minimum absolute atomic E-state index is 0.120. The van der Waals surface area contributed by atoms with Gasteiger partial charge in [0.15, 0.2) is 0 Å². The second-order valence-electron chi connectivity index (χ2n) is 3.27. The van der Waals surface area contributed by atoms with Crippen molar-refractivity contribution in [3.05, 3.63) is 28.5 Å². The Bertz CT molecular complexity index is 352. The minimum Gasteiger partial charge on any atom is -0.325 e. The largest absolute Gasteiger partial charge is 0.325 e. The predicted octanol–water partition coefficient (Wildman–Crippen LogP) is 3.18. The van der Waals surface area contributed by atoms with E-state index in [9.17, 15) is 9.18 Å². The summed E-state index contributed by atoms with van der Waals surface area (Å²) in [4.78, 5) is 11.3. The Kier molecular flexibility index (Phi) is 3.63. The molecule has 1 rings (SSSR count). The number of rotatable bonds is 2. The molecule has 1 N–H and O–H groups in total. The maximum Gasteiger partial charge on any atom is 0.226 e. The predicted molar refractivity (Wildman–Crippen MR) is 57.6 cm³/mol. The van der Waals surface area contributed by atoms with Gasteiger partial charge in [0.25, 0.3) is 0 Å². The lowest BCUT2D eigenvalue weighted by atomic mass is 10.2. The van der Waals surface area contributed by atoms with Gasteiger partial charge in [0.05, 0.1) is 5.69 Å². The van der Waals surface area contributed by atoms with E-state index in [-0.39, 0.29) is 17.6 Å². The molecule has 76 valence electrons. The molecule has 2 nitrogen and oxygen atoms in total. The molecule has 4 heteroatoms. The Morgan fingerprint density at radius 3 is 2.71 bits per heavy atom. The Morgan fingerprint density at radius 1 is 1.50 bits per heavy atom. The minimum atomic E-state index is -0.368. The standard InChI is InChI=1S/C10H11BrFNO/c1-6(2)10(14)13-9-5-7(12)3-4-8(9)11/h3-6H,1-2H3,(H,13,14). The zero-order chi connectivity index (χ0) is 10.7. The molecule has 0 radical (unpaired) electrons. The van der Waals surface area contributed by atoms with Crippen LogP contribution in [0.25, 0.3) is 0 Å². The zero-order valence-electron chi connectivity index (χ0n) is 7.97. The maximum atomic E-state index is 12.8. The zero-order valence-corrected chi connectivity index (χ0v) is 9.56. The smallest absolute Gasteiger partial charge is 0.226 e. The highest BCUT2D eigenvalue weighted by Gasteiger charge is 2.09. The van der Waals surface area contributed by atoms with Crippen molar-refractivity contribution in [2.45, 2.75) is 13.8 Å². The molecule has 0 aliphatic rings. The molecule has 0 heterocycles. The second-order valence-corrected chi connectivity index (χ2v) is 4.12. The third-order valence-corrected chi connectivity index (χ3v) is 2.40. The van der Waals surface area contributed by atoms with E-state index in [1.165, 1.54) is 12.1 Å². The molecular formula is C10H11BrFNO. The summed E-state index contributed by atoms with van der Waals surface area (Å²) in [5, 5.41) is 2.62. The highest BCUT2D eigenvalue weighted by molar-refractivity contribution is 9.10. The molecule has 0 bridgehead atoms. The van der Waals surface area contributed by atoms with Gasteiger partial charge < -0.3 is 5.32 Å². The van der Waals surface area contributed by atoms with E-state index in [0.29, 0.717) is 10.2 Å². The molecule has 1 aromatic carbocycles. The highest BCUT2D eigenvalue weighted by Crippen LogP contribution is 2.23. The molecule has 0 aliphatic carbocycles. The van der Waals surface area contributed by atoms with Gasteiger partial charge in [-0.3, -0.25) is 4.79 Å². The third kappa shape index (κ3) is 2.80. The van der Waals surface area contributed by atoms with Crippen molar-refractivity contribution in [2.24, 2.45) is 5.92 Å². The number of halogens is 2. The first-order valence-corrected chi connectivity index (χ1v) is 5.06. The molecule has 0 atom stereocenters. The van der Waals surface area contributed by atoms with Crippen LogP contribution in [-0.4, -0.2) is 5.91 Å². The van der Waals surface area contributed by atoms with Crippen LogP contribution in [0.5, 0.6) is 0 Å². The van der Waals surface area contributed by atoms with Crippen molar-refractivity contribution < 1.29 is 9.18 Å². The van der Waals surface area contributed by atoms with Gasteiger partial charge >= 0.3 is 0 Å². The van der Waals surface area contributed by atoms with Crippen LogP contribution in [0, 0.1) is 11.7 Å². The quantitative estimate of drug-likeness (QED) is 0.869. The molecule has 0 aliphatic heterocycles. The monoisotopic (exact) mass is 259 g/mol. The first-order chi connectivity index (χ1) is 6.50. The average Bonchev–Trinajstić information content (AvgIpc) is 2.11. The van der Waals surface area contributed by atoms with Crippen molar-refractivity contribution in [3.63, 3.8) is 0 Å². The SMILES string of the molecule is CC(C)C(=O)Nc1cc(F)ccc1Br. The molecule has 0 spiro atoms. The van der Waals surface area contributed by atoms with Gasteiger partial charge in [-0.25, -0.2) is 4.39 Å². The van der Waals surface area contributed by atoms with Crippen molar-refractivity contribution >= 4 is 27.5 Å². The third-order valence-electron chi connectivity index (χ3n) is 1.71. The van der Waals surface area contributed by atoms with Gasteiger partial charge in [0.2, 0.25) is 5.91 Å². The number of benzene rings is 1. The Morgan fingerprint density at radius 2 is 2.14 bits per heavy atom. The molecule has 0 fully saturated rings. The van der Waals surface area contributed by atoms with Gasteiger partial charge in [0.1, 0.15) is 5.82 Å². The van der Waals surface area contributed by atoms with Crippen molar-refractivity contribution in [1.29, 1.82) is 0 Å². The molecule has 0 unspecified atom stereocenters. The summed E-state index contributed by atoms with van der Waals surface area (Å²) in [7, 11) is 0. The molecule has 0 aromatic heterocycles. The lowest BCUT2D eigenvalue weighted by Gasteiger charge is -2.09. The summed E-state index contributed by atoms with van der Waals surface area (Å²) in [6.07, 6.45) is 0. The number of hydrogen-bond acceptors (Lipinski definition) is 1. The van der Waals surface area contributed by atoms with Crippen LogP contribution in [0.15, 0.2) is 22.7 Å². The average molecular weight is 260 g/mol. The number of anilines is 1. The maximum absolute atomic E-state index is 12.8. The van der Waals surface area contributed by atoms with Crippen LogP contribution < -0.4 is 5.32 Å². The van der Waals surface area contributed by atoms with Crippen LogP contribution in [0.1, 0.15) is 13.8 Å². The lowest BCUT2D eigenvalue weighted by molar-refractivity contribution is -0.118. The number of carbonyl (C=O) groups excluding carboxylic acids is 1. The van der Waals surface area contributed by atoms with Crippen molar-refractivity contribution in [3.8, 4) is 0 Å². The first kappa shape index (κ1) is 11.2. The summed E-state index contributed by atoms with van der Waals surface area (Å²) < 4.78 is 13.5. The summed E-state index contributed by atoms with van der Waals surface area (Å²) in [6.45, 7) is 3.56. The van der Waals surface area contributed by atoms with Crippen LogP contribution >= 0.6 is 15.9 Å². The van der Waals surface area contributed by atoms with Crippen molar-refractivity contribution in [2.75, 3.05) is 5.32 Å². The molecule has 1 aromatic rings. The van der Waals surface area contributed by atoms with Crippen LogP contribution in [0.2, 0.25) is 0 Å². The second kappa shape index (κ2) is 4.55. The fourth-order valence-corrected chi connectivity index (χ4v) is 1.22. The van der Waals surface area contributed by atoms with Gasteiger partial charge in [-0.2, -0.15) is 0 Å². The normalized spacial score (nSPS) is 10.4. The summed E-state index contributed by atoms with van der Waals surface area (Å²) in [5.74, 6) is -0.617. The van der Waals surface area contributed by atoms with Crippen LogP contribution in [-0.2, 0) is 4.79 Å². The number of carbonyl (C=O) groups is 1. The van der Waals surface area contributed by atoms with Crippen molar-refractivity contribution in [1.82, 2.24) is 0 Å². The summed E-state index contributed by atoms with van der Waals surface area (Å²) >= 11 is 3.23. The van der Waals surface area contributed by atoms with E-state index in [1.807, 2.05) is 0 Å². The molecule has 1 amide bonds. The van der Waals surface area contributed by atoms with E-state index in [2.05, 4.69) is 21.2 Å². The van der Waals surface area contributed by atoms with Gasteiger partial charge in [-0.1, -0.05) is 13.8 Å². The molecular weight excluding hydrogens is 249 g/mol. The van der Waals surface area contributed by atoms with Crippen LogP contribution in [0.3, 0.4) is 0 Å². The number of nitrogens with one attached hydrogen (secondary N) is 1. The molecule has 14 heavy (non-hydrogen) atoms. The summed E-state index contributed by atoms with van der Waals surface area (Å²) in [5.41, 5.74) is 0.462. The van der Waals surface area contributed by atoms with E-state index in [0.717, 1.165) is 0 Å². The Hall–Kier alpha value is -0.900. The number of amides is 1.